The number of piperazine rings is 1. The van der Waals surface area contributed by atoms with Crippen LogP contribution in [-0.2, 0) is 0 Å². The molecule has 1 aliphatic rings. The lowest BCUT2D eigenvalue weighted by atomic mass is 10.2. The Bertz CT molecular complexity index is 818. The Morgan fingerprint density at radius 1 is 0.957 bits per heavy atom. The second kappa shape index (κ2) is 5.62. The number of hydrogen-bond acceptors (Lipinski definition) is 5. The summed E-state index contributed by atoms with van der Waals surface area (Å²) in [6.07, 6.45) is 0. The lowest BCUT2D eigenvalue weighted by Crippen LogP contribution is -2.45. The molecule has 0 N–H and O–H groups in total. The molecule has 1 fully saturated rings. The van der Waals surface area contributed by atoms with Crippen LogP contribution in [0.3, 0.4) is 0 Å². The Morgan fingerprint density at radius 2 is 1.70 bits per heavy atom. The van der Waals surface area contributed by atoms with Crippen LogP contribution in [0.2, 0.25) is 0 Å². The molecule has 0 saturated carbocycles. The minimum atomic E-state index is 0.665. The van der Waals surface area contributed by atoms with Gasteiger partial charge in [0.2, 0.25) is 0 Å². The topological polar surface area (TPSA) is 49.6 Å². The summed E-state index contributed by atoms with van der Waals surface area (Å²) in [4.78, 5) is 13.9. The average Bonchev–Trinajstić information content (AvgIpc) is 2.99. The van der Waals surface area contributed by atoms with Crippen molar-refractivity contribution in [1.29, 1.82) is 0 Å². The van der Waals surface area contributed by atoms with E-state index in [4.69, 9.17) is 5.10 Å². The van der Waals surface area contributed by atoms with E-state index in [0.29, 0.717) is 5.78 Å². The van der Waals surface area contributed by atoms with Gasteiger partial charge in [-0.15, -0.1) is 5.10 Å². The second-order valence-corrected chi connectivity index (χ2v) is 6.06. The molecule has 0 bridgehead atoms. The summed E-state index contributed by atoms with van der Waals surface area (Å²) in [7, 11) is 2.16. The van der Waals surface area contributed by atoms with Gasteiger partial charge in [-0.25, -0.2) is 4.98 Å². The van der Waals surface area contributed by atoms with Crippen LogP contribution in [0.4, 0.5) is 5.82 Å². The SMILES string of the molecule is Cc1cc(N2CCN(C)CC2)n2nc(-c3ccccc3)nc2n1. The van der Waals surface area contributed by atoms with Crippen LogP contribution < -0.4 is 4.90 Å². The Morgan fingerprint density at radius 3 is 2.43 bits per heavy atom. The molecule has 0 spiro atoms. The molecule has 4 rings (SSSR count). The Balaban J connectivity index is 1.80. The number of anilines is 1. The third-order valence-electron chi connectivity index (χ3n) is 4.28. The maximum atomic E-state index is 4.71. The lowest BCUT2D eigenvalue weighted by Gasteiger charge is -2.33. The van der Waals surface area contributed by atoms with Crippen molar-refractivity contribution in [3.05, 3.63) is 42.1 Å². The van der Waals surface area contributed by atoms with Gasteiger partial charge in [-0.2, -0.15) is 9.50 Å². The van der Waals surface area contributed by atoms with Crippen LogP contribution in [0.25, 0.3) is 17.2 Å². The van der Waals surface area contributed by atoms with Crippen LogP contribution in [0.1, 0.15) is 5.69 Å². The molecule has 0 atom stereocenters. The highest BCUT2D eigenvalue weighted by molar-refractivity contribution is 5.58. The third-order valence-corrected chi connectivity index (χ3v) is 4.28. The molecular weight excluding hydrogens is 288 g/mol. The number of benzene rings is 1. The van der Waals surface area contributed by atoms with Crippen molar-refractivity contribution in [2.75, 3.05) is 38.1 Å². The fourth-order valence-electron chi connectivity index (χ4n) is 2.94. The van der Waals surface area contributed by atoms with Gasteiger partial charge in [-0.05, 0) is 14.0 Å². The van der Waals surface area contributed by atoms with Gasteiger partial charge in [0.1, 0.15) is 5.82 Å². The molecule has 6 nitrogen and oxygen atoms in total. The molecule has 23 heavy (non-hydrogen) atoms. The van der Waals surface area contributed by atoms with Crippen molar-refractivity contribution in [3.63, 3.8) is 0 Å². The lowest BCUT2D eigenvalue weighted by molar-refractivity contribution is 0.311. The summed E-state index contributed by atoms with van der Waals surface area (Å²) in [6.45, 7) is 6.12. The number of likely N-dealkylation sites (N-methyl/N-ethyl adjacent to an activating group) is 1. The molecule has 118 valence electrons. The van der Waals surface area contributed by atoms with Crippen LogP contribution in [0.5, 0.6) is 0 Å². The first-order valence-electron chi connectivity index (χ1n) is 7.94. The van der Waals surface area contributed by atoms with E-state index in [2.05, 4.69) is 32.9 Å². The first-order chi connectivity index (χ1) is 11.2. The summed E-state index contributed by atoms with van der Waals surface area (Å²) in [5.74, 6) is 2.46. The highest BCUT2D eigenvalue weighted by Gasteiger charge is 2.19. The molecule has 0 radical (unpaired) electrons. The van der Waals surface area contributed by atoms with E-state index in [1.807, 2.05) is 41.8 Å². The quantitative estimate of drug-likeness (QED) is 0.723. The molecule has 0 aliphatic carbocycles. The highest BCUT2D eigenvalue weighted by Crippen LogP contribution is 2.21. The van der Waals surface area contributed by atoms with Gasteiger partial charge < -0.3 is 9.80 Å². The minimum Gasteiger partial charge on any atom is -0.354 e. The first-order valence-corrected chi connectivity index (χ1v) is 7.94. The van der Waals surface area contributed by atoms with Gasteiger partial charge in [0.05, 0.1) is 0 Å². The summed E-state index contributed by atoms with van der Waals surface area (Å²) in [6, 6.07) is 12.1. The summed E-state index contributed by atoms with van der Waals surface area (Å²) >= 11 is 0. The average molecular weight is 308 g/mol. The predicted octanol–water partition coefficient (Wildman–Crippen LogP) is 1.85. The zero-order valence-corrected chi connectivity index (χ0v) is 13.5. The van der Waals surface area contributed by atoms with Gasteiger partial charge in [-0.3, -0.25) is 0 Å². The van der Waals surface area contributed by atoms with Crippen LogP contribution in [-0.4, -0.2) is 57.7 Å². The number of aromatic nitrogens is 4. The van der Waals surface area contributed by atoms with Crippen molar-refractivity contribution in [2.45, 2.75) is 6.92 Å². The Labute approximate surface area is 135 Å². The normalized spacial score (nSPS) is 16.2. The molecular formula is C17H20N6. The smallest absolute Gasteiger partial charge is 0.254 e. The summed E-state index contributed by atoms with van der Waals surface area (Å²) < 4.78 is 1.88. The molecule has 6 heteroatoms. The van der Waals surface area contributed by atoms with Crippen molar-refractivity contribution in [1.82, 2.24) is 24.5 Å². The van der Waals surface area contributed by atoms with Crippen LogP contribution in [0, 0.1) is 6.92 Å². The van der Waals surface area contributed by atoms with E-state index in [1.165, 1.54) is 0 Å². The Kier molecular flexibility index (Phi) is 3.46. The fraction of sp³-hybridized carbons (Fsp3) is 0.353. The fourth-order valence-corrected chi connectivity index (χ4v) is 2.94. The third kappa shape index (κ3) is 2.66. The molecule has 2 aromatic heterocycles. The van der Waals surface area contributed by atoms with Crippen LogP contribution in [0.15, 0.2) is 36.4 Å². The number of rotatable bonds is 2. The van der Waals surface area contributed by atoms with Gasteiger partial charge in [0, 0.05) is 43.5 Å². The van der Waals surface area contributed by atoms with Crippen molar-refractivity contribution >= 4 is 11.6 Å². The summed E-state index contributed by atoms with van der Waals surface area (Å²) in [5.41, 5.74) is 1.98. The van der Waals surface area contributed by atoms with Crippen molar-refractivity contribution in [3.8, 4) is 11.4 Å². The number of hydrogen-bond donors (Lipinski definition) is 0. The second-order valence-electron chi connectivity index (χ2n) is 6.06. The monoisotopic (exact) mass is 308 g/mol. The van der Waals surface area contributed by atoms with E-state index < -0.39 is 0 Å². The van der Waals surface area contributed by atoms with E-state index in [1.54, 1.807) is 0 Å². The van der Waals surface area contributed by atoms with E-state index in [-0.39, 0.29) is 0 Å². The largest absolute Gasteiger partial charge is 0.354 e. The number of nitrogens with zero attached hydrogens (tertiary/aromatic N) is 6. The van der Waals surface area contributed by atoms with Gasteiger partial charge >= 0.3 is 0 Å². The minimum absolute atomic E-state index is 0.665. The van der Waals surface area contributed by atoms with E-state index >= 15 is 0 Å². The van der Waals surface area contributed by atoms with Crippen molar-refractivity contribution < 1.29 is 0 Å². The highest BCUT2D eigenvalue weighted by atomic mass is 15.4. The standard InChI is InChI=1S/C17H20N6/c1-13-12-15(22-10-8-21(2)9-11-22)23-17(18-13)19-16(20-23)14-6-4-3-5-7-14/h3-7,12H,8-11H2,1-2H3. The molecule has 3 heterocycles. The van der Waals surface area contributed by atoms with E-state index in [9.17, 15) is 0 Å². The summed E-state index contributed by atoms with van der Waals surface area (Å²) in [5, 5.41) is 4.71. The van der Waals surface area contributed by atoms with Gasteiger partial charge in [0.25, 0.3) is 5.78 Å². The Hall–Kier alpha value is -2.47. The maximum absolute atomic E-state index is 4.71. The molecule has 0 amide bonds. The zero-order chi connectivity index (χ0) is 15.8. The molecule has 3 aromatic rings. The van der Waals surface area contributed by atoms with Crippen LogP contribution >= 0.6 is 0 Å². The molecule has 0 unspecified atom stereocenters. The number of aryl methyl sites for hydroxylation is 1. The number of fused-ring (bicyclic) bond motifs is 1. The molecule has 1 saturated heterocycles. The van der Waals surface area contributed by atoms with Gasteiger partial charge in [0.15, 0.2) is 5.82 Å². The van der Waals surface area contributed by atoms with E-state index in [0.717, 1.165) is 49.1 Å². The zero-order valence-electron chi connectivity index (χ0n) is 13.5. The molecule has 1 aliphatic heterocycles. The maximum Gasteiger partial charge on any atom is 0.254 e. The molecule has 1 aromatic carbocycles. The first kappa shape index (κ1) is 14.1. The van der Waals surface area contributed by atoms with Gasteiger partial charge in [-0.1, -0.05) is 30.3 Å². The van der Waals surface area contributed by atoms with Crippen molar-refractivity contribution in [2.24, 2.45) is 0 Å². The predicted molar refractivity (Wildman–Crippen MR) is 90.7 cm³/mol.